The summed E-state index contributed by atoms with van der Waals surface area (Å²) in [5, 5.41) is 0. The molecule has 0 bridgehead atoms. The highest BCUT2D eigenvalue weighted by atomic mass is 32.2. The zero-order chi connectivity index (χ0) is 21.4. The molecule has 6 heteroatoms. The summed E-state index contributed by atoms with van der Waals surface area (Å²) in [6.45, 7) is 0.793. The van der Waals surface area contributed by atoms with Gasteiger partial charge in [0.25, 0.3) is 5.91 Å². The van der Waals surface area contributed by atoms with Crippen LogP contribution in [0.15, 0.2) is 89.8 Å². The predicted octanol–water partition coefficient (Wildman–Crippen LogP) is 3.44. The number of amides is 1. The first-order valence-corrected chi connectivity index (χ1v) is 10.9. The molecular weight excluding hydrogens is 396 g/mol. The minimum absolute atomic E-state index is 0.0620. The molecule has 30 heavy (non-hydrogen) atoms. The molecule has 0 spiro atoms. The topological polar surface area (TPSA) is 66.5 Å². The van der Waals surface area contributed by atoms with Gasteiger partial charge in [-0.25, -0.2) is 8.42 Å². The lowest BCUT2D eigenvalue weighted by Gasteiger charge is -2.23. The third-order valence-corrected chi connectivity index (χ3v) is 5.91. The van der Waals surface area contributed by atoms with E-state index in [0.717, 1.165) is 11.1 Å². The van der Waals surface area contributed by atoms with E-state index in [4.69, 9.17) is 6.42 Å². The van der Waals surface area contributed by atoms with Gasteiger partial charge >= 0.3 is 0 Å². The Hall–Kier alpha value is -3.40. The van der Waals surface area contributed by atoms with Crippen molar-refractivity contribution in [2.75, 3.05) is 6.54 Å². The van der Waals surface area contributed by atoms with Crippen molar-refractivity contribution in [1.82, 2.24) is 9.62 Å². The molecule has 0 aliphatic heterocycles. The molecule has 1 N–H and O–H groups in total. The summed E-state index contributed by atoms with van der Waals surface area (Å²) in [4.78, 5) is 15.0. The van der Waals surface area contributed by atoms with Gasteiger partial charge < -0.3 is 4.90 Å². The SMILES string of the molecule is C#CCNS(=O)(=O)c1ccc(C(=O)N(Cc2ccccc2)Cc2ccccc2)cc1. The second-order valence-electron chi connectivity index (χ2n) is 6.69. The van der Waals surface area contributed by atoms with Gasteiger partial charge in [-0.15, -0.1) is 6.42 Å². The first kappa shape index (κ1) is 21.3. The average molecular weight is 419 g/mol. The minimum atomic E-state index is -3.70. The van der Waals surface area contributed by atoms with E-state index in [9.17, 15) is 13.2 Å². The molecule has 3 rings (SSSR count). The molecule has 0 saturated heterocycles. The Bertz CT molecular complexity index is 1080. The van der Waals surface area contributed by atoms with Crippen LogP contribution in [0.25, 0.3) is 0 Å². The van der Waals surface area contributed by atoms with Crippen LogP contribution >= 0.6 is 0 Å². The third kappa shape index (κ3) is 5.57. The van der Waals surface area contributed by atoms with Gasteiger partial charge in [0.1, 0.15) is 0 Å². The number of nitrogens with one attached hydrogen (secondary N) is 1. The quantitative estimate of drug-likeness (QED) is 0.570. The van der Waals surface area contributed by atoms with Crippen LogP contribution in [0.2, 0.25) is 0 Å². The number of nitrogens with zero attached hydrogens (tertiary/aromatic N) is 1. The van der Waals surface area contributed by atoms with E-state index in [1.165, 1.54) is 24.3 Å². The maximum Gasteiger partial charge on any atom is 0.254 e. The van der Waals surface area contributed by atoms with Crippen molar-refractivity contribution in [3.63, 3.8) is 0 Å². The second kappa shape index (κ2) is 9.88. The van der Waals surface area contributed by atoms with E-state index in [1.807, 2.05) is 60.7 Å². The number of carbonyl (C=O) groups is 1. The van der Waals surface area contributed by atoms with Gasteiger partial charge in [-0.3, -0.25) is 4.79 Å². The molecule has 0 unspecified atom stereocenters. The van der Waals surface area contributed by atoms with Crippen LogP contribution in [0.4, 0.5) is 0 Å². The van der Waals surface area contributed by atoms with Crippen LogP contribution in [0.5, 0.6) is 0 Å². The van der Waals surface area contributed by atoms with Crippen molar-refractivity contribution in [1.29, 1.82) is 0 Å². The summed E-state index contributed by atoms with van der Waals surface area (Å²) in [5.74, 6) is 2.06. The molecule has 5 nitrogen and oxygen atoms in total. The van der Waals surface area contributed by atoms with Crippen LogP contribution < -0.4 is 4.72 Å². The molecule has 0 aliphatic carbocycles. The summed E-state index contributed by atoms with van der Waals surface area (Å²) < 4.78 is 26.7. The first-order valence-electron chi connectivity index (χ1n) is 9.40. The normalized spacial score (nSPS) is 10.9. The second-order valence-corrected chi connectivity index (χ2v) is 8.45. The summed E-state index contributed by atoms with van der Waals surface area (Å²) in [6, 6.07) is 25.3. The molecular formula is C24H22N2O3S. The van der Waals surface area contributed by atoms with Gasteiger partial charge in [-0.2, -0.15) is 4.72 Å². The highest BCUT2D eigenvalue weighted by molar-refractivity contribution is 7.89. The number of sulfonamides is 1. The van der Waals surface area contributed by atoms with Crippen LogP contribution in [0, 0.1) is 12.3 Å². The number of benzene rings is 3. The number of rotatable bonds is 8. The molecule has 0 aliphatic rings. The Labute approximate surface area is 177 Å². The zero-order valence-corrected chi connectivity index (χ0v) is 17.2. The van der Waals surface area contributed by atoms with Gasteiger partial charge in [-0.1, -0.05) is 66.6 Å². The van der Waals surface area contributed by atoms with Crippen LogP contribution in [0.1, 0.15) is 21.5 Å². The van der Waals surface area contributed by atoms with Crippen molar-refractivity contribution in [2.45, 2.75) is 18.0 Å². The lowest BCUT2D eigenvalue weighted by Crippen LogP contribution is -2.30. The van der Waals surface area contributed by atoms with Gasteiger partial charge in [-0.05, 0) is 35.4 Å². The summed E-state index contributed by atoms with van der Waals surface area (Å²) >= 11 is 0. The van der Waals surface area contributed by atoms with E-state index < -0.39 is 10.0 Å². The Morgan fingerprint density at radius 3 is 1.80 bits per heavy atom. The summed E-state index contributed by atoms with van der Waals surface area (Å²) in [5.41, 5.74) is 2.44. The molecule has 1 amide bonds. The van der Waals surface area contributed by atoms with Crippen LogP contribution in [-0.4, -0.2) is 25.8 Å². The molecule has 0 fully saturated rings. The molecule has 152 valence electrons. The number of hydrogen-bond acceptors (Lipinski definition) is 3. The zero-order valence-electron chi connectivity index (χ0n) is 16.4. The van der Waals surface area contributed by atoms with Gasteiger partial charge in [0, 0.05) is 18.7 Å². The van der Waals surface area contributed by atoms with E-state index >= 15 is 0 Å². The lowest BCUT2D eigenvalue weighted by atomic mass is 10.1. The summed E-state index contributed by atoms with van der Waals surface area (Å²) in [7, 11) is -3.70. The highest BCUT2D eigenvalue weighted by Crippen LogP contribution is 2.16. The van der Waals surface area contributed by atoms with Crippen molar-refractivity contribution in [3.8, 4) is 12.3 Å². The van der Waals surface area contributed by atoms with Crippen molar-refractivity contribution >= 4 is 15.9 Å². The molecule has 0 atom stereocenters. The Morgan fingerprint density at radius 2 is 1.33 bits per heavy atom. The Balaban J connectivity index is 1.84. The Morgan fingerprint density at radius 1 is 0.833 bits per heavy atom. The van der Waals surface area contributed by atoms with E-state index in [2.05, 4.69) is 10.6 Å². The summed E-state index contributed by atoms with van der Waals surface area (Å²) in [6.07, 6.45) is 5.11. The van der Waals surface area contributed by atoms with Gasteiger partial charge in [0.05, 0.1) is 11.4 Å². The first-order chi connectivity index (χ1) is 14.5. The monoisotopic (exact) mass is 418 g/mol. The largest absolute Gasteiger partial charge is 0.330 e. The Kier molecular flexibility index (Phi) is 7.02. The molecule has 0 radical (unpaired) electrons. The van der Waals surface area contributed by atoms with E-state index in [-0.39, 0.29) is 17.3 Å². The number of carbonyl (C=O) groups excluding carboxylic acids is 1. The van der Waals surface area contributed by atoms with Gasteiger partial charge in [0.15, 0.2) is 0 Å². The van der Waals surface area contributed by atoms with E-state index in [1.54, 1.807) is 4.90 Å². The van der Waals surface area contributed by atoms with Crippen molar-refractivity contribution in [3.05, 3.63) is 102 Å². The fraction of sp³-hybridized carbons (Fsp3) is 0.125. The molecule has 3 aromatic rings. The van der Waals surface area contributed by atoms with Crippen LogP contribution in [-0.2, 0) is 23.1 Å². The number of hydrogen-bond donors (Lipinski definition) is 1. The molecule has 0 saturated carbocycles. The van der Waals surface area contributed by atoms with Crippen LogP contribution in [0.3, 0.4) is 0 Å². The fourth-order valence-electron chi connectivity index (χ4n) is 2.99. The fourth-order valence-corrected chi connectivity index (χ4v) is 3.92. The van der Waals surface area contributed by atoms with Crippen molar-refractivity contribution < 1.29 is 13.2 Å². The third-order valence-electron chi connectivity index (χ3n) is 4.50. The lowest BCUT2D eigenvalue weighted by molar-refractivity contribution is 0.0730. The maximum absolute atomic E-state index is 13.2. The maximum atomic E-state index is 13.2. The van der Waals surface area contributed by atoms with E-state index in [0.29, 0.717) is 18.7 Å². The highest BCUT2D eigenvalue weighted by Gasteiger charge is 2.19. The smallest absolute Gasteiger partial charge is 0.254 e. The number of terminal acetylenes is 1. The molecule has 3 aromatic carbocycles. The van der Waals surface area contributed by atoms with Crippen molar-refractivity contribution in [2.24, 2.45) is 0 Å². The predicted molar refractivity (Wildman–Crippen MR) is 117 cm³/mol. The molecule has 0 heterocycles. The molecule has 0 aromatic heterocycles. The standard InChI is InChI=1S/C24H22N2O3S/c1-2-17-25-30(28,29)23-15-13-22(14-16-23)24(27)26(18-20-9-5-3-6-10-20)19-21-11-7-4-8-12-21/h1,3-16,25H,17-19H2. The van der Waals surface area contributed by atoms with Gasteiger partial charge in [0.2, 0.25) is 10.0 Å². The minimum Gasteiger partial charge on any atom is -0.330 e. The average Bonchev–Trinajstić information content (AvgIpc) is 2.78.